The normalized spacial score (nSPS) is 19.6. The van der Waals surface area contributed by atoms with Crippen LogP contribution < -0.4 is 4.74 Å². The highest BCUT2D eigenvalue weighted by Gasteiger charge is 2.30. The van der Waals surface area contributed by atoms with E-state index in [4.69, 9.17) is 9.47 Å². The lowest BCUT2D eigenvalue weighted by atomic mass is 9.91. The smallest absolute Gasteiger partial charge is 0.150 e. The van der Waals surface area contributed by atoms with E-state index in [0.717, 1.165) is 22.6 Å². The third kappa shape index (κ3) is 5.60. The largest absolute Gasteiger partial charge is 0.493 e. The summed E-state index contributed by atoms with van der Waals surface area (Å²) in [5, 5.41) is 0. The first-order valence-corrected chi connectivity index (χ1v) is 12.2. The zero-order valence-corrected chi connectivity index (χ0v) is 17.9. The van der Waals surface area contributed by atoms with E-state index in [1.54, 1.807) is 18.3 Å². The fraction of sp³-hybridized carbons (Fsp3) is 0.455. The summed E-state index contributed by atoms with van der Waals surface area (Å²) in [6.07, 6.45) is 0.771. The fourth-order valence-electron chi connectivity index (χ4n) is 3.29. The first kappa shape index (κ1) is 20.9. The summed E-state index contributed by atoms with van der Waals surface area (Å²) in [6, 6.07) is 12.1. The summed E-state index contributed by atoms with van der Waals surface area (Å²) in [4.78, 5) is 2.23. The molecule has 0 N–H and O–H groups in total. The maximum absolute atomic E-state index is 12.0. The van der Waals surface area contributed by atoms with Gasteiger partial charge in [0.2, 0.25) is 0 Å². The standard InChI is InChI=1S/C22H26O4S2/c1-3-5-21-10-11-22(27-21)17-6-8-20(9-7-17)26-15-19-14-25-13-12-18(19)16-28(23,24)4-2/h6-11,18-19H,4,12-16H2,1-2H3. The molecule has 1 aliphatic rings. The number of hydrogen-bond donors (Lipinski definition) is 0. The lowest BCUT2D eigenvalue weighted by Crippen LogP contribution is -2.36. The van der Waals surface area contributed by atoms with E-state index in [1.165, 1.54) is 4.88 Å². The lowest BCUT2D eigenvalue weighted by molar-refractivity contribution is 0.00449. The summed E-state index contributed by atoms with van der Waals surface area (Å²) in [7, 11) is -2.99. The van der Waals surface area contributed by atoms with Crippen molar-refractivity contribution in [2.45, 2.75) is 20.3 Å². The molecule has 2 atom stereocenters. The van der Waals surface area contributed by atoms with Crippen molar-refractivity contribution in [3.05, 3.63) is 41.3 Å². The highest BCUT2D eigenvalue weighted by Crippen LogP contribution is 2.30. The van der Waals surface area contributed by atoms with Gasteiger partial charge in [0.1, 0.15) is 15.6 Å². The minimum absolute atomic E-state index is 0.0992. The number of thiophene rings is 1. The Morgan fingerprint density at radius 1 is 1.18 bits per heavy atom. The molecule has 0 saturated carbocycles. The van der Waals surface area contributed by atoms with Crippen LogP contribution in [0, 0.1) is 23.7 Å². The van der Waals surface area contributed by atoms with Crippen LogP contribution in [0.2, 0.25) is 0 Å². The van der Waals surface area contributed by atoms with Crippen LogP contribution >= 0.6 is 11.3 Å². The molecule has 6 heteroatoms. The summed E-state index contributed by atoms with van der Waals surface area (Å²) < 4.78 is 35.6. The van der Waals surface area contributed by atoms with Crippen molar-refractivity contribution in [1.29, 1.82) is 0 Å². The number of hydrogen-bond acceptors (Lipinski definition) is 5. The zero-order valence-electron chi connectivity index (χ0n) is 16.3. The van der Waals surface area contributed by atoms with E-state index < -0.39 is 9.84 Å². The number of sulfone groups is 1. The highest BCUT2D eigenvalue weighted by molar-refractivity contribution is 7.91. The maximum Gasteiger partial charge on any atom is 0.150 e. The number of ether oxygens (including phenoxy) is 2. The van der Waals surface area contributed by atoms with Crippen LogP contribution in [0.25, 0.3) is 10.4 Å². The van der Waals surface area contributed by atoms with Crippen LogP contribution in [0.5, 0.6) is 5.75 Å². The zero-order chi connectivity index (χ0) is 20.0. The van der Waals surface area contributed by atoms with E-state index in [1.807, 2.05) is 37.3 Å². The van der Waals surface area contributed by atoms with Gasteiger partial charge in [-0.1, -0.05) is 12.8 Å². The van der Waals surface area contributed by atoms with Crippen LogP contribution in [0.3, 0.4) is 0 Å². The van der Waals surface area contributed by atoms with E-state index in [9.17, 15) is 8.42 Å². The first-order valence-electron chi connectivity index (χ1n) is 9.54. The Balaban J connectivity index is 1.60. The molecule has 1 aromatic heterocycles. The Kier molecular flexibility index (Phi) is 7.17. The third-order valence-electron chi connectivity index (χ3n) is 5.00. The van der Waals surface area contributed by atoms with Crippen molar-refractivity contribution < 1.29 is 17.9 Å². The molecule has 0 amide bonds. The van der Waals surface area contributed by atoms with E-state index in [-0.39, 0.29) is 23.3 Å². The molecular formula is C22H26O4S2. The van der Waals surface area contributed by atoms with Gasteiger partial charge in [-0.15, -0.1) is 17.3 Å². The second kappa shape index (κ2) is 9.60. The van der Waals surface area contributed by atoms with Gasteiger partial charge in [0.25, 0.3) is 0 Å². The Hall–Kier alpha value is -1.81. The minimum atomic E-state index is -2.99. The van der Waals surface area contributed by atoms with Gasteiger partial charge < -0.3 is 9.47 Å². The molecule has 1 saturated heterocycles. The third-order valence-corrected chi connectivity index (χ3v) is 7.86. The second-order valence-corrected chi connectivity index (χ2v) is 10.4. The quantitative estimate of drug-likeness (QED) is 0.631. The SMILES string of the molecule is CC#Cc1ccc(-c2ccc(OCC3COCCC3CS(=O)(=O)CC)cc2)s1. The van der Waals surface area contributed by atoms with Crippen molar-refractivity contribution in [1.82, 2.24) is 0 Å². The Bertz CT molecular complexity index is 933. The van der Waals surface area contributed by atoms with Crippen LogP contribution in [-0.2, 0) is 14.6 Å². The van der Waals surface area contributed by atoms with E-state index in [0.29, 0.717) is 19.8 Å². The molecule has 28 heavy (non-hydrogen) atoms. The molecule has 2 heterocycles. The fourth-order valence-corrected chi connectivity index (χ4v) is 5.53. The summed E-state index contributed by atoms with van der Waals surface area (Å²) in [6.45, 7) is 5.19. The monoisotopic (exact) mass is 418 g/mol. The molecule has 0 bridgehead atoms. The molecule has 0 aliphatic carbocycles. The molecule has 0 radical (unpaired) electrons. The molecule has 1 aliphatic heterocycles. The van der Waals surface area contributed by atoms with Crippen LogP contribution in [0.15, 0.2) is 36.4 Å². The van der Waals surface area contributed by atoms with Gasteiger partial charge >= 0.3 is 0 Å². The first-order chi connectivity index (χ1) is 13.5. The van der Waals surface area contributed by atoms with Gasteiger partial charge in [0.15, 0.2) is 0 Å². The average molecular weight is 419 g/mol. The molecule has 150 valence electrons. The predicted octanol–water partition coefficient (Wildman–Crippen LogP) is 4.25. The van der Waals surface area contributed by atoms with Gasteiger partial charge in [0.05, 0.1) is 23.8 Å². The minimum Gasteiger partial charge on any atom is -0.493 e. The Labute approximate surface area is 171 Å². The van der Waals surface area contributed by atoms with Gasteiger partial charge in [0, 0.05) is 23.2 Å². The number of rotatable bonds is 7. The molecular weight excluding hydrogens is 392 g/mol. The second-order valence-electron chi connectivity index (χ2n) is 6.96. The molecule has 1 aromatic carbocycles. The van der Waals surface area contributed by atoms with Crippen molar-refractivity contribution >= 4 is 21.2 Å². The molecule has 3 rings (SSSR count). The van der Waals surface area contributed by atoms with Crippen molar-refractivity contribution in [2.24, 2.45) is 11.8 Å². The molecule has 0 spiro atoms. The van der Waals surface area contributed by atoms with Crippen molar-refractivity contribution in [3.8, 4) is 28.0 Å². The summed E-state index contributed by atoms with van der Waals surface area (Å²) >= 11 is 1.67. The van der Waals surface area contributed by atoms with Crippen LogP contribution in [-0.4, -0.2) is 39.7 Å². The van der Waals surface area contributed by atoms with Crippen LogP contribution in [0.1, 0.15) is 25.1 Å². The van der Waals surface area contributed by atoms with Gasteiger partial charge in [-0.3, -0.25) is 0 Å². The summed E-state index contributed by atoms with van der Waals surface area (Å²) in [5.74, 6) is 7.40. The molecule has 1 fully saturated rings. The van der Waals surface area contributed by atoms with Crippen molar-refractivity contribution in [3.63, 3.8) is 0 Å². The highest BCUT2D eigenvalue weighted by atomic mass is 32.2. The van der Waals surface area contributed by atoms with E-state index in [2.05, 4.69) is 17.9 Å². The predicted molar refractivity (Wildman–Crippen MR) is 115 cm³/mol. The molecule has 2 unspecified atom stereocenters. The van der Waals surface area contributed by atoms with Gasteiger partial charge in [-0.25, -0.2) is 8.42 Å². The molecule has 2 aromatic rings. The lowest BCUT2D eigenvalue weighted by Gasteiger charge is -2.31. The Morgan fingerprint density at radius 3 is 2.68 bits per heavy atom. The average Bonchev–Trinajstić information content (AvgIpc) is 3.16. The maximum atomic E-state index is 12.0. The van der Waals surface area contributed by atoms with E-state index >= 15 is 0 Å². The van der Waals surface area contributed by atoms with Gasteiger partial charge in [-0.05, 0) is 61.2 Å². The molecule has 4 nitrogen and oxygen atoms in total. The van der Waals surface area contributed by atoms with Gasteiger partial charge in [-0.2, -0.15) is 0 Å². The topological polar surface area (TPSA) is 52.6 Å². The van der Waals surface area contributed by atoms with Crippen LogP contribution in [0.4, 0.5) is 0 Å². The Morgan fingerprint density at radius 2 is 1.96 bits per heavy atom. The van der Waals surface area contributed by atoms with Crippen molar-refractivity contribution in [2.75, 3.05) is 31.3 Å². The summed E-state index contributed by atoms with van der Waals surface area (Å²) in [5.41, 5.74) is 1.13. The number of benzene rings is 1.